The molecule has 0 N–H and O–H groups in total. The van der Waals surface area contributed by atoms with Gasteiger partial charge >= 0.3 is 0 Å². The van der Waals surface area contributed by atoms with Gasteiger partial charge in [0.25, 0.3) is 0 Å². The van der Waals surface area contributed by atoms with E-state index in [1.165, 1.54) is 32.1 Å². The molecule has 0 aliphatic rings. The van der Waals surface area contributed by atoms with E-state index in [0.29, 0.717) is 5.41 Å². The number of hydrogen-bond donors (Lipinski definition) is 0. The summed E-state index contributed by atoms with van der Waals surface area (Å²) in [5, 5.41) is 0. The molecule has 0 heterocycles. The minimum absolute atomic E-state index is 0.541. The van der Waals surface area contributed by atoms with Crippen LogP contribution < -0.4 is 0 Å². The summed E-state index contributed by atoms with van der Waals surface area (Å²) in [6.45, 7) is 13.1. The zero-order chi connectivity index (χ0) is 10.3. The Morgan fingerprint density at radius 1 is 1.31 bits per heavy atom. The van der Waals surface area contributed by atoms with Crippen LogP contribution in [0, 0.1) is 11.3 Å². The molecule has 0 spiro atoms. The van der Waals surface area contributed by atoms with Gasteiger partial charge in [0.15, 0.2) is 0 Å². The zero-order valence-electron chi connectivity index (χ0n) is 9.90. The van der Waals surface area contributed by atoms with Crippen molar-refractivity contribution in [2.45, 2.75) is 59.8 Å². The van der Waals surface area contributed by atoms with E-state index >= 15 is 0 Å². The molecule has 1 atom stereocenters. The molecule has 0 amide bonds. The van der Waals surface area contributed by atoms with Gasteiger partial charge in [-0.1, -0.05) is 46.6 Å². The van der Waals surface area contributed by atoms with Crippen molar-refractivity contribution in [3.63, 3.8) is 0 Å². The van der Waals surface area contributed by atoms with E-state index < -0.39 is 0 Å². The zero-order valence-corrected chi connectivity index (χ0v) is 9.90. The second-order valence-corrected chi connectivity index (χ2v) is 4.81. The van der Waals surface area contributed by atoms with Gasteiger partial charge in [0, 0.05) is 0 Å². The van der Waals surface area contributed by atoms with Crippen LogP contribution in [0.4, 0.5) is 0 Å². The van der Waals surface area contributed by atoms with Crippen LogP contribution in [-0.2, 0) is 0 Å². The molecule has 1 unspecified atom stereocenters. The normalized spacial score (nSPS) is 14.2. The molecule has 0 aromatic rings. The number of allylic oxidation sites excluding steroid dienone is 1. The average Bonchev–Trinajstić information content (AvgIpc) is 2.12. The highest BCUT2D eigenvalue weighted by atomic mass is 14.2. The van der Waals surface area contributed by atoms with Crippen LogP contribution in [0.15, 0.2) is 12.7 Å². The van der Waals surface area contributed by atoms with E-state index in [1.54, 1.807) is 0 Å². The lowest BCUT2D eigenvalue weighted by Gasteiger charge is -2.23. The Labute approximate surface area is 84.4 Å². The summed E-state index contributed by atoms with van der Waals surface area (Å²) in [4.78, 5) is 0. The third-order valence-corrected chi connectivity index (χ3v) is 3.24. The van der Waals surface area contributed by atoms with Gasteiger partial charge in [0.05, 0.1) is 0 Å². The number of rotatable bonds is 7. The molecule has 0 aliphatic heterocycles. The topological polar surface area (TPSA) is 0 Å². The summed E-state index contributed by atoms with van der Waals surface area (Å²) >= 11 is 0. The van der Waals surface area contributed by atoms with Crippen molar-refractivity contribution in [2.75, 3.05) is 0 Å². The standard InChI is InChI=1S/C13H26/c1-6-12(7-2)10-9-11-13(4,5)8-3/h6,12H,1,7-11H2,2-5H3. The van der Waals surface area contributed by atoms with E-state index in [4.69, 9.17) is 0 Å². The van der Waals surface area contributed by atoms with E-state index in [1.807, 2.05) is 0 Å². The summed E-state index contributed by atoms with van der Waals surface area (Å²) in [6.07, 6.45) is 8.68. The quantitative estimate of drug-likeness (QED) is 0.496. The molecule has 0 saturated heterocycles. The van der Waals surface area contributed by atoms with Gasteiger partial charge < -0.3 is 0 Å². The van der Waals surface area contributed by atoms with Crippen LogP contribution in [0.5, 0.6) is 0 Å². The molecule has 0 rings (SSSR count). The fourth-order valence-electron chi connectivity index (χ4n) is 1.51. The van der Waals surface area contributed by atoms with Gasteiger partial charge in [0.2, 0.25) is 0 Å². The summed E-state index contributed by atoms with van der Waals surface area (Å²) in [6, 6.07) is 0. The summed E-state index contributed by atoms with van der Waals surface area (Å²) in [5.41, 5.74) is 0.541. The minimum atomic E-state index is 0.541. The SMILES string of the molecule is C=CC(CC)CCCC(C)(C)CC. The lowest BCUT2D eigenvalue weighted by Crippen LogP contribution is -2.09. The second kappa shape index (κ2) is 6.23. The van der Waals surface area contributed by atoms with Crippen LogP contribution in [0.3, 0.4) is 0 Å². The maximum atomic E-state index is 3.87. The largest absolute Gasteiger partial charge is 0.103 e. The molecule has 0 nitrogen and oxygen atoms in total. The first-order chi connectivity index (χ1) is 6.05. The Balaban J connectivity index is 3.60. The Bertz CT molecular complexity index is 133. The third kappa shape index (κ3) is 5.90. The summed E-state index contributed by atoms with van der Waals surface area (Å²) < 4.78 is 0. The van der Waals surface area contributed by atoms with Crippen LogP contribution in [0.25, 0.3) is 0 Å². The highest BCUT2D eigenvalue weighted by Gasteiger charge is 2.14. The van der Waals surface area contributed by atoms with E-state index in [-0.39, 0.29) is 0 Å². The van der Waals surface area contributed by atoms with Crippen molar-refractivity contribution in [3.05, 3.63) is 12.7 Å². The molecule has 0 bridgehead atoms. The third-order valence-electron chi connectivity index (χ3n) is 3.24. The first-order valence-corrected chi connectivity index (χ1v) is 5.68. The Morgan fingerprint density at radius 3 is 2.31 bits per heavy atom. The lowest BCUT2D eigenvalue weighted by molar-refractivity contribution is 0.301. The summed E-state index contributed by atoms with van der Waals surface area (Å²) in [7, 11) is 0. The monoisotopic (exact) mass is 182 g/mol. The predicted octanol–water partition coefficient (Wildman–Crippen LogP) is 4.81. The molecule has 0 saturated carbocycles. The fraction of sp³-hybridized carbons (Fsp3) is 0.846. The van der Waals surface area contributed by atoms with Gasteiger partial charge in [-0.05, 0) is 30.6 Å². The number of hydrogen-bond acceptors (Lipinski definition) is 0. The maximum absolute atomic E-state index is 3.87. The fourth-order valence-corrected chi connectivity index (χ4v) is 1.51. The van der Waals surface area contributed by atoms with E-state index in [0.717, 1.165) is 5.92 Å². The van der Waals surface area contributed by atoms with Crippen molar-refractivity contribution >= 4 is 0 Å². The van der Waals surface area contributed by atoms with Crippen LogP contribution in [0.2, 0.25) is 0 Å². The molecule has 13 heavy (non-hydrogen) atoms. The molecule has 0 heteroatoms. The van der Waals surface area contributed by atoms with Crippen molar-refractivity contribution in [1.29, 1.82) is 0 Å². The first-order valence-electron chi connectivity index (χ1n) is 5.68. The molecule has 0 radical (unpaired) electrons. The minimum Gasteiger partial charge on any atom is -0.103 e. The molecule has 0 aromatic heterocycles. The van der Waals surface area contributed by atoms with Gasteiger partial charge in [-0.25, -0.2) is 0 Å². The Morgan fingerprint density at radius 2 is 1.92 bits per heavy atom. The highest BCUT2D eigenvalue weighted by Crippen LogP contribution is 2.28. The maximum Gasteiger partial charge on any atom is -0.0239 e. The van der Waals surface area contributed by atoms with Crippen molar-refractivity contribution in [3.8, 4) is 0 Å². The highest BCUT2D eigenvalue weighted by molar-refractivity contribution is 4.78. The van der Waals surface area contributed by atoms with Crippen molar-refractivity contribution in [1.82, 2.24) is 0 Å². The van der Waals surface area contributed by atoms with Crippen LogP contribution in [-0.4, -0.2) is 0 Å². The molecular formula is C13H26. The smallest absolute Gasteiger partial charge is 0.0239 e. The van der Waals surface area contributed by atoms with Crippen LogP contribution in [0.1, 0.15) is 59.8 Å². The van der Waals surface area contributed by atoms with Gasteiger partial charge in [-0.2, -0.15) is 0 Å². The molecule has 0 fully saturated rings. The van der Waals surface area contributed by atoms with Crippen molar-refractivity contribution < 1.29 is 0 Å². The first kappa shape index (κ1) is 12.7. The van der Waals surface area contributed by atoms with Crippen LogP contribution >= 0.6 is 0 Å². The molecular weight excluding hydrogens is 156 g/mol. The average molecular weight is 182 g/mol. The van der Waals surface area contributed by atoms with Gasteiger partial charge in [0.1, 0.15) is 0 Å². The second-order valence-electron chi connectivity index (χ2n) is 4.81. The molecule has 0 aliphatic carbocycles. The van der Waals surface area contributed by atoms with Gasteiger partial charge in [-0.15, -0.1) is 6.58 Å². The van der Waals surface area contributed by atoms with Gasteiger partial charge in [-0.3, -0.25) is 0 Å². The molecule has 0 aromatic carbocycles. The predicted molar refractivity (Wildman–Crippen MR) is 61.9 cm³/mol. The van der Waals surface area contributed by atoms with Crippen molar-refractivity contribution in [2.24, 2.45) is 11.3 Å². The Hall–Kier alpha value is -0.260. The molecule has 78 valence electrons. The van der Waals surface area contributed by atoms with E-state index in [2.05, 4.69) is 40.3 Å². The van der Waals surface area contributed by atoms with E-state index in [9.17, 15) is 0 Å². The Kier molecular flexibility index (Phi) is 6.11. The lowest BCUT2D eigenvalue weighted by atomic mass is 9.83. The summed E-state index contributed by atoms with van der Waals surface area (Å²) in [5.74, 6) is 0.743.